The first kappa shape index (κ1) is 12.6. The highest BCUT2D eigenvalue weighted by molar-refractivity contribution is 6.76. The molecule has 1 aromatic carbocycles. The molecule has 0 saturated carbocycles. The maximum absolute atomic E-state index is 5.61. The second-order valence-corrected chi connectivity index (χ2v) is 5.84. The van der Waals surface area contributed by atoms with Crippen LogP contribution in [0.5, 0.6) is 0 Å². The van der Waals surface area contributed by atoms with Gasteiger partial charge in [-0.15, -0.1) is 0 Å². The summed E-state index contributed by atoms with van der Waals surface area (Å²) in [7, 11) is 0. The zero-order valence-electron chi connectivity index (χ0n) is 8.75. The third-order valence-electron chi connectivity index (χ3n) is 2.39. The minimum absolute atomic E-state index is 0.00668. The molecule has 0 bridgehead atoms. The number of aromatic nitrogens is 1. The van der Waals surface area contributed by atoms with Gasteiger partial charge in [0.25, 0.3) is 0 Å². The minimum atomic E-state index is -1.65. The minimum Gasteiger partial charge on any atom is -0.384 e. The molecule has 0 saturated heterocycles. The van der Waals surface area contributed by atoms with E-state index >= 15 is 0 Å². The SMILES string of the molecule is NC(=NCc1c[nH]c2ccccc12)C(Cl)(Cl)Cl. The molecule has 2 aromatic rings. The summed E-state index contributed by atoms with van der Waals surface area (Å²) < 4.78 is -1.65. The van der Waals surface area contributed by atoms with Crippen molar-refractivity contribution in [3.05, 3.63) is 36.0 Å². The molecule has 0 aliphatic heterocycles. The molecule has 3 nitrogen and oxygen atoms in total. The quantitative estimate of drug-likeness (QED) is 0.497. The molecule has 90 valence electrons. The molecule has 2 rings (SSSR count). The predicted molar refractivity (Wildman–Crippen MR) is 73.9 cm³/mol. The molecule has 1 heterocycles. The molecule has 0 unspecified atom stereocenters. The Kier molecular flexibility index (Phi) is 3.52. The van der Waals surface area contributed by atoms with E-state index in [0.717, 1.165) is 16.5 Å². The molecule has 17 heavy (non-hydrogen) atoms. The van der Waals surface area contributed by atoms with Crippen molar-refractivity contribution in [2.75, 3.05) is 0 Å². The van der Waals surface area contributed by atoms with Crippen molar-refractivity contribution in [2.45, 2.75) is 10.3 Å². The van der Waals surface area contributed by atoms with Gasteiger partial charge in [-0.3, -0.25) is 4.99 Å². The van der Waals surface area contributed by atoms with Gasteiger partial charge in [0.15, 0.2) is 0 Å². The van der Waals surface area contributed by atoms with Gasteiger partial charge in [-0.1, -0.05) is 53.0 Å². The van der Waals surface area contributed by atoms with Gasteiger partial charge in [0.2, 0.25) is 3.79 Å². The Hall–Kier alpha value is -0.900. The lowest BCUT2D eigenvalue weighted by Gasteiger charge is -2.09. The fourth-order valence-electron chi connectivity index (χ4n) is 1.52. The van der Waals surface area contributed by atoms with E-state index in [1.165, 1.54) is 0 Å². The van der Waals surface area contributed by atoms with Crippen molar-refractivity contribution >= 4 is 51.5 Å². The molecule has 0 aliphatic carbocycles. The Balaban J connectivity index is 2.25. The Morgan fingerprint density at radius 1 is 1.29 bits per heavy atom. The molecule has 0 spiro atoms. The summed E-state index contributed by atoms with van der Waals surface area (Å²) in [4.78, 5) is 7.21. The van der Waals surface area contributed by atoms with E-state index in [2.05, 4.69) is 9.98 Å². The van der Waals surface area contributed by atoms with Gasteiger partial charge in [-0.2, -0.15) is 0 Å². The highest BCUT2D eigenvalue weighted by Crippen LogP contribution is 2.26. The van der Waals surface area contributed by atoms with Crippen molar-refractivity contribution in [1.29, 1.82) is 0 Å². The number of nitrogens with two attached hydrogens (primary N) is 1. The van der Waals surface area contributed by atoms with Crippen LogP contribution in [0.25, 0.3) is 10.9 Å². The summed E-state index contributed by atoms with van der Waals surface area (Å²) >= 11 is 16.8. The fraction of sp³-hybridized carbons (Fsp3) is 0.182. The topological polar surface area (TPSA) is 54.2 Å². The van der Waals surface area contributed by atoms with E-state index < -0.39 is 3.79 Å². The normalized spacial score (nSPS) is 13.2. The molecule has 3 N–H and O–H groups in total. The Morgan fingerprint density at radius 3 is 2.71 bits per heavy atom. The number of hydrogen-bond acceptors (Lipinski definition) is 1. The maximum Gasteiger partial charge on any atom is 0.247 e. The first-order valence-corrected chi connectivity index (χ1v) is 6.04. The van der Waals surface area contributed by atoms with E-state index in [4.69, 9.17) is 40.5 Å². The first-order valence-electron chi connectivity index (χ1n) is 4.90. The van der Waals surface area contributed by atoms with Crippen LogP contribution in [-0.2, 0) is 6.54 Å². The van der Waals surface area contributed by atoms with Gasteiger partial charge in [-0.05, 0) is 11.6 Å². The monoisotopic (exact) mass is 289 g/mol. The van der Waals surface area contributed by atoms with Crippen molar-refractivity contribution in [2.24, 2.45) is 10.7 Å². The van der Waals surface area contributed by atoms with E-state index in [1.54, 1.807) is 0 Å². The average molecular weight is 291 g/mol. The second kappa shape index (κ2) is 4.77. The van der Waals surface area contributed by atoms with Gasteiger partial charge in [0, 0.05) is 17.1 Å². The van der Waals surface area contributed by atoms with E-state index in [9.17, 15) is 0 Å². The number of para-hydroxylation sites is 1. The third kappa shape index (κ3) is 2.86. The van der Waals surface area contributed by atoms with Crippen LogP contribution >= 0.6 is 34.8 Å². The first-order chi connectivity index (χ1) is 7.98. The molecule has 0 amide bonds. The van der Waals surface area contributed by atoms with Gasteiger partial charge < -0.3 is 10.7 Å². The number of amidine groups is 1. The van der Waals surface area contributed by atoms with Gasteiger partial charge >= 0.3 is 0 Å². The van der Waals surface area contributed by atoms with Gasteiger partial charge in [0.05, 0.1) is 6.54 Å². The lowest BCUT2D eigenvalue weighted by molar-refractivity contribution is 1.06. The van der Waals surface area contributed by atoms with E-state index in [1.807, 2.05) is 30.5 Å². The number of rotatable bonds is 2. The summed E-state index contributed by atoms with van der Waals surface area (Å²) in [6.07, 6.45) is 1.87. The predicted octanol–water partition coefficient (Wildman–Crippen LogP) is 3.40. The van der Waals surface area contributed by atoms with Gasteiger partial charge in [-0.25, -0.2) is 0 Å². The summed E-state index contributed by atoms with van der Waals surface area (Å²) in [6, 6.07) is 7.91. The summed E-state index contributed by atoms with van der Waals surface area (Å²) in [5.74, 6) is -0.00668. The average Bonchev–Trinajstić information content (AvgIpc) is 2.68. The van der Waals surface area contributed by atoms with Crippen LogP contribution in [-0.4, -0.2) is 14.6 Å². The number of aromatic amines is 1. The Labute approximate surface area is 114 Å². The second-order valence-electron chi connectivity index (χ2n) is 3.56. The number of nitrogens with one attached hydrogen (secondary N) is 1. The molecule has 0 fully saturated rings. The molecule has 0 radical (unpaired) electrons. The largest absolute Gasteiger partial charge is 0.384 e. The van der Waals surface area contributed by atoms with E-state index in [0.29, 0.717) is 6.54 Å². The number of aliphatic imine (C=N–C) groups is 1. The summed E-state index contributed by atoms with van der Waals surface area (Å²) in [5, 5.41) is 1.09. The van der Waals surface area contributed by atoms with Crippen molar-refractivity contribution in [3.8, 4) is 0 Å². The number of benzene rings is 1. The molecular formula is C11H10Cl3N3. The number of alkyl halides is 3. The Morgan fingerprint density at radius 2 is 2.00 bits per heavy atom. The van der Waals surface area contributed by atoms with Crippen LogP contribution in [0.1, 0.15) is 5.56 Å². The van der Waals surface area contributed by atoms with E-state index in [-0.39, 0.29) is 5.84 Å². The van der Waals surface area contributed by atoms with Crippen LogP contribution in [0, 0.1) is 0 Å². The summed E-state index contributed by atoms with van der Waals surface area (Å²) in [5.41, 5.74) is 7.61. The molecule has 6 heteroatoms. The Bertz CT molecular complexity index is 554. The highest BCUT2D eigenvalue weighted by Gasteiger charge is 2.24. The third-order valence-corrected chi connectivity index (χ3v) is 2.97. The molecule has 0 aliphatic rings. The van der Waals surface area contributed by atoms with Crippen molar-refractivity contribution in [1.82, 2.24) is 4.98 Å². The smallest absolute Gasteiger partial charge is 0.247 e. The van der Waals surface area contributed by atoms with Crippen molar-refractivity contribution in [3.63, 3.8) is 0 Å². The van der Waals surface area contributed by atoms with Crippen LogP contribution in [0.15, 0.2) is 35.5 Å². The number of H-pyrrole nitrogens is 1. The van der Waals surface area contributed by atoms with Crippen LogP contribution in [0.4, 0.5) is 0 Å². The summed E-state index contributed by atoms with van der Waals surface area (Å²) in [6.45, 7) is 0.379. The number of halogens is 3. The lowest BCUT2D eigenvalue weighted by Crippen LogP contribution is -2.28. The van der Waals surface area contributed by atoms with Gasteiger partial charge in [0.1, 0.15) is 5.84 Å². The number of fused-ring (bicyclic) bond motifs is 1. The zero-order chi connectivity index (χ0) is 12.5. The van der Waals surface area contributed by atoms with Crippen LogP contribution in [0.2, 0.25) is 0 Å². The molecule has 1 aromatic heterocycles. The van der Waals surface area contributed by atoms with Crippen molar-refractivity contribution < 1.29 is 0 Å². The zero-order valence-corrected chi connectivity index (χ0v) is 11.0. The van der Waals surface area contributed by atoms with Crippen LogP contribution < -0.4 is 5.73 Å². The molecular weight excluding hydrogens is 281 g/mol. The van der Waals surface area contributed by atoms with Crippen LogP contribution in [0.3, 0.4) is 0 Å². The fourth-order valence-corrected chi connectivity index (χ4v) is 1.70. The lowest BCUT2D eigenvalue weighted by atomic mass is 10.2. The highest BCUT2D eigenvalue weighted by atomic mass is 35.6. The maximum atomic E-state index is 5.61. The number of hydrogen-bond donors (Lipinski definition) is 2. The standard InChI is InChI=1S/C11H10Cl3N3/c12-11(13,14)10(15)17-6-7-5-16-9-4-2-1-3-8(7)9/h1-5,16H,6H2,(H2,15,17). The molecule has 0 atom stereocenters. The number of nitrogens with zero attached hydrogens (tertiary/aromatic N) is 1.